The highest BCUT2D eigenvalue weighted by molar-refractivity contribution is 6.74. The van der Waals surface area contributed by atoms with Crippen LogP contribution in [0.15, 0.2) is 12.2 Å². The summed E-state index contributed by atoms with van der Waals surface area (Å²) in [4.78, 5) is 23.2. The fraction of sp³-hybridized carbons (Fsp3) is 0.892. The first-order valence-electron chi connectivity index (χ1n) is 18.1. The molecule has 2 aliphatic carbocycles. The van der Waals surface area contributed by atoms with Gasteiger partial charge >= 0.3 is 11.9 Å². The van der Waals surface area contributed by atoms with Crippen LogP contribution in [0.3, 0.4) is 0 Å². The number of carbonyl (C=O) groups excluding carboxylic acids is 1. The maximum Gasteiger partial charge on any atom is 0.303 e. The first-order chi connectivity index (χ1) is 20.7. The van der Waals surface area contributed by atoms with Gasteiger partial charge < -0.3 is 18.7 Å². The molecule has 2 fully saturated rings. The van der Waals surface area contributed by atoms with Gasteiger partial charge in [-0.25, -0.2) is 0 Å². The van der Waals surface area contributed by atoms with Gasteiger partial charge in [0.15, 0.2) is 16.6 Å². The molecule has 2 aliphatic rings. The summed E-state index contributed by atoms with van der Waals surface area (Å²) in [5, 5.41) is 9.27. The minimum absolute atomic E-state index is 0.0107. The summed E-state index contributed by atoms with van der Waals surface area (Å²) in [6, 6.07) is 0. The average molecular weight is 667 g/mol. The summed E-state index contributed by atoms with van der Waals surface area (Å²) in [7, 11) is -4.03. The van der Waals surface area contributed by atoms with Crippen molar-refractivity contribution in [3.63, 3.8) is 0 Å². The number of unbranched alkanes of at least 4 members (excludes halogenated alkanes) is 3. The number of rotatable bonds is 18. The Balaban J connectivity index is 2.38. The smallest absolute Gasteiger partial charge is 0.303 e. The van der Waals surface area contributed by atoms with E-state index < -0.39 is 22.6 Å². The lowest BCUT2D eigenvalue weighted by atomic mass is 9.62. The van der Waals surface area contributed by atoms with Gasteiger partial charge in [0, 0.05) is 31.6 Å². The third-order valence-electron chi connectivity index (χ3n) is 11.8. The molecule has 0 aromatic rings. The lowest BCUT2D eigenvalue weighted by Gasteiger charge is -2.51. The summed E-state index contributed by atoms with van der Waals surface area (Å²) in [5.74, 6) is -0.599. The van der Waals surface area contributed by atoms with Crippen molar-refractivity contribution in [3.05, 3.63) is 12.2 Å². The van der Waals surface area contributed by atoms with E-state index in [1.165, 1.54) is 39.0 Å². The largest absolute Gasteiger partial charge is 0.481 e. The van der Waals surface area contributed by atoms with Crippen LogP contribution in [0.4, 0.5) is 0 Å². The Hall–Kier alpha value is -0.966. The maximum atomic E-state index is 12.3. The molecule has 0 bridgehead atoms. The molecular weight excluding hydrogens is 597 g/mol. The minimum Gasteiger partial charge on any atom is -0.481 e. The SMILES string of the molecule is CCCC1(C(CC=C[C@H]2[C@H](O[Si](C)(C)C(C)(C)C)CC(OC(C)=O)[C@@H]2CCCCCCC(=O)O)O[Si](C)(C)C(C)(C)C)CCC1. The van der Waals surface area contributed by atoms with Crippen molar-refractivity contribution < 1.29 is 28.3 Å². The number of aliphatic carboxylic acids is 1. The molecule has 0 aromatic heterocycles. The normalized spacial score (nSPS) is 24.9. The van der Waals surface area contributed by atoms with E-state index in [9.17, 15) is 9.59 Å². The van der Waals surface area contributed by atoms with Crippen molar-refractivity contribution in [2.45, 2.75) is 193 Å². The summed E-state index contributed by atoms with van der Waals surface area (Å²) < 4.78 is 20.4. The summed E-state index contributed by atoms with van der Waals surface area (Å²) >= 11 is 0. The highest BCUT2D eigenvalue weighted by atomic mass is 28.4. The van der Waals surface area contributed by atoms with E-state index in [2.05, 4.69) is 86.8 Å². The molecule has 2 saturated carbocycles. The van der Waals surface area contributed by atoms with Crippen LogP contribution in [0.5, 0.6) is 0 Å². The lowest BCUT2D eigenvalue weighted by Crippen LogP contribution is -2.51. The molecule has 8 heteroatoms. The van der Waals surface area contributed by atoms with E-state index in [4.69, 9.17) is 18.7 Å². The predicted molar refractivity (Wildman–Crippen MR) is 192 cm³/mol. The van der Waals surface area contributed by atoms with Crippen LogP contribution >= 0.6 is 0 Å². The Morgan fingerprint density at radius 3 is 2.02 bits per heavy atom. The molecule has 262 valence electrons. The zero-order valence-electron chi connectivity index (χ0n) is 31.2. The van der Waals surface area contributed by atoms with Crippen LogP contribution in [-0.4, -0.2) is 52.0 Å². The molecule has 2 unspecified atom stereocenters. The van der Waals surface area contributed by atoms with E-state index in [0.717, 1.165) is 38.5 Å². The van der Waals surface area contributed by atoms with Gasteiger partial charge in [-0.3, -0.25) is 9.59 Å². The second-order valence-electron chi connectivity index (χ2n) is 17.4. The summed E-state index contributed by atoms with van der Waals surface area (Å²) in [6.45, 7) is 27.1. The number of hydrogen-bond donors (Lipinski definition) is 1. The van der Waals surface area contributed by atoms with Crippen molar-refractivity contribution in [3.8, 4) is 0 Å². The Bertz CT molecular complexity index is 972. The van der Waals surface area contributed by atoms with Crippen LogP contribution in [0.2, 0.25) is 36.3 Å². The molecule has 2 rings (SSSR count). The third kappa shape index (κ3) is 11.3. The molecule has 0 saturated heterocycles. The maximum absolute atomic E-state index is 12.3. The van der Waals surface area contributed by atoms with Gasteiger partial charge in [-0.15, -0.1) is 0 Å². The van der Waals surface area contributed by atoms with E-state index in [0.29, 0.717) is 6.42 Å². The number of ether oxygens (including phenoxy) is 1. The highest BCUT2D eigenvalue weighted by Gasteiger charge is 2.50. The van der Waals surface area contributed by atoms with Crippen LogP contribution in [0.25, 0.3) is 0 Å². The number of esters is 1. The van der Waals surface area contributed by atoms with Crippen molar-refractivity contribution in [2.24, 2.45) is 17.3 Å². The van der Waals surface area contributed by atoms with E-state index in [1.54, 1.807) is 0 Å². The topological polar surface area (TPSA) is 82.1 Å². The van der Waals surface area contributed by atoms with Crippen LogP contribution < -0.4 is 0 Å². The molecule has 6 nitrogen and oxygen atoms in total. The quantitative estimate of drug-likeness (QED) is 0.0678. The van der Waals surface area contributed by atoms with Gasteiger partial charge in [-0.2, -0.15) is 0 Å². The molecule has 0 heterocycles. The number of carbonyl (C=O) groups is 2. The van der Waals surface area contributed by atoms with Crippen LogP contribution in [0.1, 0.15) is 139 Å². The van der Waals surface area contributed by atoms with Gasteiger partial charge in [-0.1, -0.05) is 92.7 Å². The highest BCUT2D eigenvalue weighted by Crippen LogP contribution is 2.52. The second kappa shape index (κ2) is 16.4. The fourth-order valence-corrected chi connectivity index (χ4v) is 9.72. The van der Waals surface area contributed by atoms with Gasteiger partial charge in [0.1, 0.15) is 6.10 Å². The van der Waals surface area contributed by atoms with Crippen molar-refractivity contribution in [1.29, 1.82) is 0 Å². The Morgan fingerprint density at radius 1 is 0.933 bits per heavy atom. The Labute approximate surface area is 279 Å². The summed E-state index contributed by atoms with van der Waals surface area (Å²) in [5.41, 5.74) is 0.275. The second-order valence-corrected chi connectivity index (χ2v) is 26.9. The number of carboxylic acids is 1. The Morgan fingerprint density at radius 2 is 1.53 bits per heavy atom. The molecule has 0 radical (unpaired) electrons. The van der Waals surface area contributed by atoms with Gasteiger partial charge in [-0.05, 0) is 80.2 Å². The molecule has 0 amide bonds. The first kappa shape index (κ1) is 40.2. The molecular formula is C37H70O6Si2. The van der Waals surface area contributed by atoms with Crippen molar-refractivity contribution in [2.75, 3.05) is 0 Å². The molecule has 5 atom stereocenters. The number of hydrogen-bond acceptors (Lipinski definition) is 5. The van der Waals surface area contributed by atoms with E-state index in [-0.39, 0.29) is 58.0 Å². The molecule has 0 aromatic carbocycles. The Kier molecular flexibility index (Phi) is 14.7. The van der Waals surface area contributed by atoms with E-state index >= 15 is 0 Å². The monoisotopic (exact) mass is 666 g/mol. The van der Waals surface area contributed by atoms with Gasteiger partial charge in [0.2, 0.25) is 0 Å². The molecule has 0 aliphatic heterocycles. The standard InChI is InChI=1S/C37H70O6Si2/c1-13-24-37(25-19-26-37)33(43-45(11,12)36(6,7)8)22-18-21-30-29(20-16-14-15-17-23-34(39)40)31(41-28(2)38)27-32(30)42-44(9,10)35(3,4)5/h18,21,29-33H,13-17,19-20,22-27H2,1-12H3,(H,39,40)/t29-,30-,31?,32-,33?/m1/s1. The third-order valence-corrected chi connectivity index (χ3v) is 20.8. The van der Waals surface area contributed by atoms with Crippen molar-refractivity contribution in [1.82, 2.24) is 0 Å². The zero-order chi connectivity index (χ0) is 34.3. The van der Waals surface area contributed by atoms with Crippen molar-refractivity contribution >= 4 is 28.6 Å². The molecule has 1 N–H and O–H groups in total. The lowest BCUT2D eigenvalue weighted by molar-refractivity contribution is -0.148. The fourth-order valence-electron chi connectivity index (χ4n) is 6.95. The van der Waals surface area contributed by atoms with Crippen LogP contribution in [-0.2, 0) is 23.2 Å². The first-order valence-corrected chi connectivity index (χ1v) is 23.9. The molecule has 0 spiro atoms. The minimum atomic E-state index is -2.07. The molecule has 45 heavy (non-hydrogen) atoms. The van der Waals surface area contributed by atoms with E-state index in [1.807, 2.05) is 0 Å². The predicted octanol–water partition coefficient (Wildman–Crippen LogP) is 10.7. The number of carboxylic acid groups (broad SMARTS) is 1. The zero-order valence-corrected chi connectivity index (χ0v) is 33.2. The average Bonchev–Trinajstić information content (AvgIpc) is 3.15. The van der Waals surface area contributed by atoms with Gasteiger partial charge in [0.05, 0.1) is 12.2 Å². The van der Waals surface area contributed by atoms with Crippen LogP contribution in [0, 0.1) is 17.3 Å². The van der Waals surface area contributed by atoms with Gasteiger partial charge in [0.25, 0.3) is 0 Å². The summed E-state index contributed by atoms with van der Waals surface area (Å²) in [6.07, 6.45) is 17.5.